The molecule has 0 radical (unpaired) electrons. The summed E-state index contributed by atoms with van der Waals surface area (Å²) in [4.78, 5) is 13.8. The van der Waals surface area contributed by atoms with Crippen molar-refractivity contribution in [3.8, 4) is 0 Å². The van der Waals surface area contributed by atoms with E-state index in [1.54, 1.807) is 0 Å². The normalized spacial score (nSPS) is 18.6. The van der Waals surface area contributed by atoms with Gasteiger partial charge in [0.25, 0.3) is 0 Å². The van der Waals surface area contributed by atoms with Crippen molar-refractivity contribution in [3.05, 3.63) is 17.5 Å². The van der Waals surface area contributed by atoms with E-state index < -0.39 is 0 Å². The lowest BCUT2D eigenvalue weighted by molar-refractivity contribution is -0.122. The van der Waals surface area contributed by atoms with Gasteiger partial charge in [-0.05, 0) is 25.8 Å². The van der Waals surface area contributed by atoms with Crippen molar-refractivity contribution < 1.29 is 14.1 Å². The topological polar surface area (TPSA) is 67.6 Å². The zero-order chi connectivity index (χ0) is 15.2. The predicted molar refractivity (Wildman–Crippen MR) is 78.9 cm³/mol. The van der Waals surface area contributed by atoms with Crippen molar-refractivity contribution >= 4 is 5.91 Å². The van der Waals surface area contributed by atoms with Crippen molar-refractivity contribution in [1.29, 1.82) is 0 Å². The Hall–Kier alpha value is -1.40. The molecule has 1 N–H and O–H groups in total. The monoisotopic (exact) mass is 295 g/mol. The van der Waals surface area contributed by atoms with Crippen LogP contribution in [0.25, 0.3) is 0 Å². The second-order valence-electron chi connectivity index (χ2n) is 5.98. The van der Waals surface area contributed by atoms with Gasteiger partial charge >= 0.3 is 0 Å². The van der Waals surface area contributed by atoms with Crippen LogP contribution in [0.15, 0.2) is 10.6 Å². The average Bonchev–Trinajstić information content (AvgIpc) is 3.06. The molecular formula is C15H25N3O3. The van der Waals surface area contributed by atoms with Crippen LogP contribution in [0.1, 0.15) is 44.1 Å². The van der Waals surface area contributed by atoms with Gasteiger partial charge in [-0.2, -0.15) is 0 Å². The minimum absolute atomic E-state index is 0.0107. The molecule has 0 saturated carbocycles. The molecule has 0 aliphatic carbocycles. The molecule has 118 valence electrons. The van der Waals surface area contributed by atoms with E-state index in [0.717, 1.165) is 30.9 Å². The SMILES string of the molecule is CC(C)c1cc(CN(C)CC(=O)NC[C@H]2CCCO2)on1. The molecule has 6 nitrogen and oxygen atoms in total. The van der Waals surface area contributed by atoms with E-state index in [-0.39, 0.29) is 12.0 Å². The van der Waals surface area contributed by atoms with E-state index in [1.165, 1.54) is 0 Å². The highest BCUT2D eigenvalue weighted by molar-refractivity contribution is 5.77. The third-order valence-electron chi connectivity index (χ3n) is 3.56. The van der Waals surface area contributed by atoms with Crippen molar-refractivity contribution in [2.45, 2.75) is 45.3 Å². The summed E-state index contributed by atoms with van der Waals surface area (Å²) in [5.41, 5.74) is 0.946. The maximum Gasteiger partial charge on any atom is 0.234 e. The van der Waals surface area contributed by atoms with Crippen LogP contribution in [0.4, 0.5) is 0 Å². The molecule has 1 aromatic heterocycles. The van der Waals surface area contributed by atoms with Crippen molar-refractivity contribution in [2.24, 2.45) is 0 Å². The number of rotatable bonds is 7. The number of ether oxygens (including phenoxy) is 1. The average molecular weight is 295 g/mol. The molecular weight excluding hydrogens is 270 g/mol. The first-order chi connectivity index (χ1) is 10.0. The van der Waals surface area contributed by atoms with Gasteiger partial charge < -0.3 is 14.6 Å². The van der Waals surface area contributed by atoms with Gasteiger partial charge in [-0.15, -0.1) is 0 Å². The summed E-state index contributed by atoms with van der Waals surface area (Å²) in [7, 11) is 1.89. The van der Waals surface area contributed by atoms with Crippen molar-refractivity contribution in [2.75, 3.05) is 26.7 Å². The lowest BCUT2D eigenvalue weighted by atomic mass is 10.1. The lowest BCUT2D eigenvalue weighted by Crippen LogP contribution is -2.38. The van der Waals surface area contributed by atoms with Crippen LogP contribution >= 0.6 is 0 Å². The summed E-state index contributed by atoms with van der Waals surface area (Å²) in [6, 6.07) is 1.95. The summed E-state index contributed by atoms with van der Waals surface area (Å²) >= 11 is 0. The van der Waals surface area contributed by atoms with Gasteiger partial charge in [0.1, 0.15) is 0 Å². The Morgan fingerprint density at radius 1 is 1.57 bits per heavy atom. The summed E-state index contributed by atoms with van der Waals surface area (Å²) in [5.74, 6) is 1.15. The van der Waals surface area contributed by atoms with Gasteiger partial charge in [0.05, 0.1) is 24.9 Å². The second-order valence-corrected chi connectivity index (χ2v) is 5.98. The molecule has 1 atom stereocenters. The number of nitrogens with one attached hydrogen (secondary N) is 1. The fourth-order valence-corrected chi connectivity index (χ4v) is 2.33. The summed E-state index contributed by atoms with van der Waals surface area (Å²) < 4.78 is 10.8. The van der Waals surface area contributed by atoms with Gasteiger partial charge in [0.2, 0.25) is 5.91 Å². The van der Waals surface area contributed by atoms with E-state index >= 15 is 0 Å². The van der Waals surface area contributed by atoms with Crippen molar-refractivity contribution in [3.63, 3.8) is 0 Å². The molecule has 1 saturated heterocycles. The van der Waals surface area contributed by atoms with Crippen LogP contribution in [0.2, 0.25) is 0 Å². The minimum atomic E-state index is 0.0107. The van der Waals surface area contributed by atoms with E-state index in [4.69, 9.17) is 9.26 Å². The third-order valence-corrected chi connectivity index (χ3v) is 3.56. The molecule has 1 aliphatic heterocycles. The minimum Gasteiger partial charge on any atom is -0.376 e. The highest BCUT2D eigenvalue weighted by Gasteiger charge is 2.17. The Labute approximate surface area is 125 Å². The summed E-state index contributed by atoms with van der Waals surface area (Å²) in [6.45, 7) is 6.47. The van der Waals surface area contributed by atoms with E-state index in [2.05, 4.69) is 24.3 Å². The Morgan fingerprint density at radius 3 is 3.00 bits per heavy atom. The van der Waals surface area contributed by atoms with Crippen LogP contribution in [-0.2, 0) is 16.1 Å². The summed E-state index contributed by atoms with van der Waals surface area (Å²) in [6.07, 6.45) is 2.30. The van der Waals surface area contributed by atoms with Gasteiger partial charge in [0.15, 0.2) is 5.76 Å². The summed E-state index contributed by atoms with van der Waals surface area (Å²) in [5, 5.41) is 6.93. The fraction of sp³-hybridized carbons (Fsp3) is 0.733. The van der Waals surface area contributed by atoms with Crippen molar-refractivity contribution in [1.82, 2.24) is 15.4 Å². The fourth-order valence-electron chi connectivity index (χ4n) is 2.33. The van der Waals surface area contributed by atoms with Gasteiger partial charge in [-0.3, -0.25) is 9.69 Å². The molecule has 1 aromatic rings. The molecule has 1 aliphatic rings. The smallest absolute Gasteiger partial charge is 0.234 e. The van der Waals surface area contributed by atoms with Crippen LogP contribution in [0, 0.1) is 0 Å². The first-order valence-corrected chi connectivity index (χ1v) is 7.57. The first kappa shape index (κ1) is 16.0. The van der Waals surface area contributed by atoms with Gasteiger partial charge in [-0.25, -0.2) is 0 Å². The van der Waals surface area contributed by atoms with Gasteiger partial charge in [0, 0.05) is 19.2 Å². The number of hydrogen-bond acceptors (Lipinski definition) is 5. The molecule has 21 heavy (non-hydrogen) atoms. The zero-order valence-corrected chi connectivity index (χ0v) is 13.1. The van der Waals surface area contributed by atoms with Crippen LogP contribution < -0.4 is 5.32 Å². The maximum atomic E-state index is 11.9. The number of carbonyl (C=O) groups is 1. The number of amides is 1. The Morgan fingerprint density at radius 2 is 2.38 bits per heavy atom. The third kappa shape index (κ3) is 5.13. The molecule has 1 fully saturated rings. The highest BCUT2D eigenvalue weighted by Crippen LogP contribution is 2.15. The Kier molecular flexibility index (Phi) is 5.76. The standard InChI is InChI=1S/C15H25N3O3/c1-11(2)14-7-13(21-17-14)9-18(3)10-15(19)16-8-12-5-4-6-20-12/h7,11-12H,4-6,8-10H2,1-3H3,(H,16,19)/t12-/m1/s1. The molecule has 0 spiro atoms. The Balaban J connectivity index is 1.69. The van der Waals surface area contributed by atoms with Crippen LogP contribution in [-0.4, -0.2) is 48.8 Å². The second kappa shape index (κ2) is 7.56. The zero-order valence-electron chi connectivity index (χ0n) is 13.1. The van der Waals surface area contributed by atoms with E-state index in [0.29, 0.717) is 25.6 Å². The first-order valence-electron chi connectivity index (χ1n) is 7.57. The number of nitrogens with zero attached hydrogens (tertiary/aromatic N) is 2. The maximum absolute atomic E-state index is 11.9. The quantitative estimate of drug-likeness (QED) is 0.826. The number of hydrogen-bond donors (Lipinski definition) is 1. The van der Waals surface area contributed by atoms with Crippen LogP contribution in [0.5, 0.6) is 0 Å². The van der Waals surface area contributed by atoms with Gasteiger partial charge in [-0.1, -0.05) is 19.0 Å². The van der Waals surface area contributed by atoms with E-state index in [9.17, 15) is 4.79 Å². The molecule has 6 heteroatoms. The molecule has 2 heterocycles. The molecule has 0 unspecified atom stereocenters. The number of aromatic nitrogens is 1. The molecule has 1 amide bonds. The molecule has 2 rings (SSSR count). The molecule has 0 aromatic carbocycles. The molecule has 0 bridgehead atoms. The number of carbonyl (C=O) groups excluding carboxylic acids is 1. The predicted octanol–water partition coefficient (Wildman–Crippen LogP) is 1.52. The Bertz CT molecular complexity index is 453. The van der Waals surface area contributed by atoms with Crippen LogP contribution in [0.3, 0.4) is 0 Å². The van der Waals surface area contributed by atoms with E-state index in [1.807, 2.05) is 18.0 Å². The lowest BCUT2D eigenvalue weighted by Gasteiger charge is -2.16. The highest BCUT2D eigenvalue weighted by atomic mass is 16.5. The largest absolute Gasteiger partial charge is 0.376 e. The number of likely N-dealkylation sites (N-methyl/N-ethyl adjacent to an activating group) is 1.